The highest BCUT2D eigenvalue weighted by molar-refractivity contribution is 6.30. The van der Waals surface area contributed by atoms with Crippen LogP contribution in [-0.4, -0.2) is 19.0 Å². The summed E-state index contributed by atoms with van der Waals surface area (Å²) in [5, 5.41) is 3.61. The molecule has 1 aromatic carbocycles. The second kappa shape index (κ2) is 5.07. The fourth-order valence-electron chi connectivity index (χ4n) is 1.81. The molecule has 0 radical (unpaired) electrons. The number of halogens is 1. The first-order valence-corrected chi connectivity index (χ1v) is 6.23. The Labute approximate surface area is 106 Å². The van der Waals surface area contributed by atoms with Gasteiger partial charge in [0, 0.05) is 11.6 Å². The van der Waals surface area contributed by atoms with Crippen molar-refractivity contribution < 1.29 is 4.79 Å². The van der Waals surface area contributed by atoms with Crippen LogP contribution in [0, 0.1) is 5.41 Å². The molecule has 1 saturated carbocycles. The number of carbonyl (C=O) groups excluding carboxylic acids is 1. The molecule has 0 saturated heterocycles. The van der Waals surface area contributed by atoms with E-state index >= 15 is 0 Å². The largest absolute Gasteiger partial charge is 0.355 e. The van der Waals surface area contributed by atoms with Crippen LogP contribution in [0.2, 0.25) is 5.02 Å². The summed E-state index contributed by atoms with van der Waals surface area (Å²) in [6, 6.07) is 7.38. The Hall–Kier alpha value is -1.06. The maximum atomic E-state index is 11.7. The Kier molecular flexibility index (Phi) is 3.69. The molecule has 4 heteroatoms. The number of carbonyl (C=O) groups is 1. The van der Waals surface area contributed by atoms with Crippen LogP contribution >= 0.6 is 11.6 Å². The van der Waals surface area contributed by atoms with E-state index in [9.17, 15) is 4.79 Å². The van der Waals surface area contributed by atoms with Gasteiger partial charge in [-0.1, -0.05) is 23.7 Å². The number of nitrogens with two attached hydrogens (primary N) is 1. The molecule has 3 N–H and O–H groups in total. The van der Waals surface area contributed by atoms with Crippen LogP contribution in [0.25, 0.3) is 0 Å². The predicted molar refractivity (Wildman–Crippen MR) is 68.9 cm³/mol. The molecule has 0 spiro atoms. The van der Waals surface area contributed by atoms with Crippen LogP contribution < -0.4 is 11.1 Å². The molecule has 0 aromatic heterocycles. The number of benzene rings is 1. The van der Waals surface area contributed by atoms with Gasteiger partial charge in [-0.2, -0.15) is 0 Å². The van der Waals surface area contributed by atoms with Gasteiger partial charge < -0.3 is 11.1 Å². The lowest BCUT2D eigenvalue weighted by molar-refractivity contribution is -0.120. The normalized spacial score (nSPS) is 16.6. The van der Waals surface area contributed by atoms with E-state index in [4.69, 9.17) is 17.3 Å². The summed E-state index contributed by atoms with van der Waals surface area (Å²) in [6.07, 6.45) is 2.63. The van der Waals surface area contributed by atoms with E-state index in [1.165, 1.54) is 0 Å². The van der Waals surface area contributed by atoms with Crippen molar-refractivity contribution in [1.29, 1.82) is 0 Å². The molecule has 0 atom stereocenters. The molecule has 1 aliphatic carbocycles. The minimum Gasteiger partial charge on any atom is -0.355 e. The fourth-order valence-corrected chi connectivity index (χ4v) is 2.02. The van der Waals surface area contributed by atoms with Crippen molar-refractivity contribution in [2.24, 2.45) is 11.1 Å². The van der Waals surface area contributed by atoms with E-state index in [2.05, 4.69) is 5.32 Å². The van der Waals surface area contributed by atoms with Gasteiger partial charge in [0.15, 0.2) is 0 Å². The lowest BCUT2D eigenvalue weighted by Crippen LogP contribution is -2.34. The molecule has 0 bridgehead atoms. The van der Waals surface area contributed by atoms with E-state index in [1.54, 1.807) is 6.07 Å². The first kappa shape index (κ1) is 12.4. The molecular formula is C13H17ClN2O. The van der Waals surface area contributed by atoms with Gasteiger partial charge in [0.2, 0.25) is 5.91 Å². The van der Waals surface area contributed by atoms with E-state index in [1.807, 2.05) is 18.2 Å². The van der Waals surface area contributed by atoms with Gasteiger partial charge in [0.05, 0.1) is 6.42 Å². The Morgan fingerprint density at radius 1 is 1.47 bits per heavy atom. The zero-order valence-corrected chi connectivity index (χ0v) is 10.5. The molecular weight excluding hydrogens is 236 g/mol. The fraction of sp³-hybridized carbons (Fsp3) is 0.462. The average molecular weight is 253 g/mol. The van der Waals surface area contributed by atoms with Crippen molar-refractivity contribution in [2.45, 2.75) is 19.3 Å². The smallest absolute Gasteiger partial charge is 0.224 e. The number of nitrogens with one attached hydrogen (secondary N) is 1. The molecule has 0 unspecified atom stereocenters. The predicted octanol–water partition coefficient (Wildman–Crippen LogP) is 1.74. The third-order valence-corrected chi connectivity index (χ3v) is 3.54. The van der Waals surface area contributed by atoms with Gasteiger partial charge in [-0.25, -0.2) is 0 Å². The average Bonchev–Trinajstić information content (AvgIpc) is 3.07. The van der Waals surface area contributed by atoms with Crippen molar-refractivity contribution in [1.82, 2.24) is 5.32 Å². The van der Waals surface area contributed by atoms with Crippen molar-refractivity contribution >= 4 is 17.5 Å². The second-order valence-corrected chi connectivity index (χ2v) is 5.22. The third-order valence-electron chi connectivity index (χ3n) is 3.30. The summed E-state index contributed by atoms with van der Waals surface area (Å²) >= 11 is 5.86. The molecule has 92 valence electrons. The van der Waals surface area contributed by atoms with Crippen LogP contribution in [0.1, 0.15) is 18.4 Å². The van der Waals surface area contributed by atoms with Crippen LogP contribution in [0.15, 0.2) is 24.3 Å². The van der Waals surface area contributed by atoms with Crippen LogP contribution in [0.5, 0.6) is 0 Å². The van der Waals surface area contributed by atoms with E-state index < -0.39 is 0 Å². The van der Waals surface area contributed by atoms with E-state index in [0.717, 1.165) is 18.4 Å². The van der Waals surface area contributed by atoms with Gasteiger partial charge in [-0.05, 0) is 42.5 Å². The maximum absolute atomic E-state index is 11.7. The molecule has 1 aromatic rings. The quantitative estimate of drug-likeness (QED) is 0.839. The molecule has 17 heavy (non-hydrogen) atoms. The lowest BCUT2D eigenvalue weighted by atomic mass is 10.1. The zero-order chi connectivity index (χ0) is 12.3. The number of hydrogen-bond acceptors (Lipinski definition) is 2. The SMILES string of the molecule is NCC1(CNC(=O)Cc2cccc(Cl)c2)CC1. The summed E-state index contributed by atoms with van der Waals surface area (Å²) in [5.74, 6) is 0.0343. The lowest BCUT2D eigenvalue weighted by Gasteiger charge is -2.13. The summed E-state index contributed by atoms with van der Waals surface area (Å²) in [6.45, 7) is 1.35. The molecule has 0 aliphatic heterocycles. The summed E-state index contributed by atoms with van der Waals surface area (Å²) in [7, 11) is 0. The standard InChI is InChI=1S/C13H17ClN2O/c14-11-3-1-2-10(6-11)7-12(17)16-9-13(8-15)4-5-13/h1-3,6H,4-5,7-9,15H2,(H,16,17). The van der Waals surface area contributed by atoms with Gasteiger partial charge in [-0.15, -0.1) is 0 Å². The van der Waals surface area contributed by atoms with Crippen molar-refractivity contribution in [3.63, 3.8) is 0 Å². The van der Waals surface area contributed by atoms with Gasteiger partial charge in [-0.3, -0.25) is 4.79 Å². The Morgan fingerprint density at radius 2 is 2.24 bits per heavy atom. The highest BCUT2D eigenvalue weighted by Gasteiger charge is 2.41. The van der Waals surface area contributed by atoms with Crippen molar-refractivity contribution in [2.75, 3.05) is 13.1 Å². The highest BCUT2D eigenvalue weighted by Crippen LogP contribution is 2.43. The minimum absolute atomic E-state index is 0.0343. The minimum atomic E-state index is 0.0343. The van der Waals surface area contributed by atoms with Gasteiger partial charge in [0.1, 0.15) is 0 Å². The molecule has 1 aliphatic rings. The first-order chi connectivity index (χ1) is 8.13. The molecule has 1 fully saturated rings. The zero-order valence-electron chi connectivity index (χ0n) is 9.71. The summed E-state index contributed by atoms with van der Waals surface area (Å²) in [5.41, 5.74) is 6.78. The van der Waals surface area contributed by atoms with Gasteiger partial charge >= 0.3 is 0 Å². The van der Waals surface area contributed by atoms with Gasteiger partial charge in [0.25, 0.3) is 0 Å². The molecule has 0 heterocycles. The maximum Gasteiger partial charge on any atom is 0.224 e. The number of amides is 1. The van der Waals surface area contributed by atoms with Crippen LogP contribution in [0.3, 0.4) is 0 Å². The van der Waals surface area contributed by atoms with Crippen LogP contribution in [-0.2, 0) is 11.2 Å². The Balaban J connectivity index is 1.81. The van der Waals surface area contributed by atoms with E-state index in [0.29, 0.717) is 24.5 Å². The van der Waals surface area contributed by atoms with E-state index in [-0.39, 0.29) is 11.3 Å². The summed E-state index contributed by atoms with van der Waals surface area (Å²) < 4.78 is 0. The number of hydrogen-bond donors (Lipinski definition) is 2. The third kappa shape index (κ3) is 3.45. The van der Waals surface area contributed by atoms with Crippen LogP contribution in [0.4, 0.5) is 0 Å². The van der Waals surface area contributed by atoms with Crippen molar-refractivity contribution in [3.05, 3.63) is 34.9 Å². The monoisotopic (exact) mass is 252 g/mol. The molecule has 3 nitrogen and oxygen atoms in total. The summed E-state index contributed by atoms with van der Waals surface area (Å²) in [4.78, 5) is 11.7. The Bertz CT molecular complexity index is 416. The first-order valence-electron chi connectivity index (χ1n) is 5.85. The second-order valence-electron chi connectivity index (χ2n) is 4.79. The van der Waals surface area contributed by atoms with Crippen molar-refractivity contribution in [3.8, 4) is 0 Å². The number of rotatable bonds is 5. The Morgan fingerprint density at radius 3 is 2.82 bits per heavy atom. The highest BCUT2D eigenvalue weighted by atomic mass is 35.5. The molecule has 1 amide bonds. The topological polar surface area (TPSA) is 55.1 Å². The molecule has 2 rings (SSSR count).